The summed E-state index contributed by atoms with van der Waals surface area (Å²) in [5, 5.41) is 8.32. The Hall–Kier alpha value is -2.48. The van der Waals surface area contributed by atoms with Crippen molar-refractivity contribution in [2.75, 3.05) is 37.0 Å². The number of pyridine rings is 1. The molecule has 0 N–H and O–H groups in total. The summed E-state index contributed by atoms with van der Waals surface area (Å²) < 4.78 is 2.04. The molecule has 0 spiro atoms. The first kappa shape index (κ1) is 15.1. The van der Waals surface area contributed by atoms with Crippen LogP contribution in [0.5, 0.6) is 0 Å². The van der Waals surface area contributed by atoms with E-state index in [4.69, 9.17) is 0 Å². The number of aromatic nitrogens is 4. The minimum Gasteiger partial charge on any atom is -0.356 e. The van der Waals surface area contributed by atoms with Gasteiger partial charge >= 0.3 is 0 Å². The molecule has 8 heteroatoms. The van der Waals surface area contributed by atoms with Crippen molar-refractivity contribution in [3.05, 3.63) is 30.0 Å². The fourth-order valence-corrected chi connectivity index (χ4v) is 3.47. The molecule has 1 atom stereocenters. The number of fused-ring (bicyclic) bond motifs is 2. The van der Waals surface area contributed by atoms with E-state index in [-0.39, 0.29) is 11.9 Å². The van der Waals surface area contributed by atoms with Gasteiger partial charge < -0.3 is 14.4 Å². The van der Waals surface area contributed by atoms with Crippen LogP contribution in [0.4, 0.5) is 11.5 Å². The van der Waals surface area contributed by atoms with E-state index in [0.29, 0.717) is 19.6 Å². The molecule has 24 heavy (non-hydrogen) atoms. The maximum atomic E-state index is 13.3. The van der Waals surface area contributed by atoms with Gasteiger partial charge in [0.2, 0.25) is 5.91 Å². The molecule has 0 fully saturated rings. The number of aryl methyl sites for hydroxylation is 1. The maximum absolute atomic E-state index is 13.3. The lowest BCUT2D eigenvalue weighted by atomic mass is 10.1. The Balaban J connectivity index is 1.65. The van der Waals surface area contributed by atoms with Gasteiger partial charge in [0.25, 0.3) is 0 Å². The molecule has 0 saturated heterocycles. The summed E-state index contributed by atoms with van der Waals surface area (Å²) in [6, 6.07) is 3.63. The van der Waals surface area contributed by atoms with Gasteiger partial charge in [-0.1, -0.05) is 0 Å². The summed E-state index contributed by atoms with van der Waals surface area (Å²) >= 11 is 0. The molecule has 0 aromatic carbocycles. The Labute approximate surface area is 140 Å². The Morgan fingerprint density at radius 1 is 1.25 bits per heavy atom. The molecular weight excluding hydrogens is 306 g/mol. The lowest BCUT2D eigenvalue weighted by Crippen LogP contribution is -2.54. The topological polar surface area (TPSA) is 70.4 Å². The van der Waals surface area contributed by atoms with E-state index in [1.54, 1.807) is 6.20 Å². The minimum absolute atomic E-state index is 0.110. The van der Waals surface area contributed by atoms with Crippen LogP contribution in [0.2, 0.25) is 0 Å². The van der Waals surface area contributed by atoms with Gasteiger partial charge in [-0.25, -0.2) is 4.98 Å². The van der Waals surface area contributed by atoms with Gasteiger partial charge in [0.15, 0.2) is 5.82 Å². The number of carbonyl (C=O) groups excluding carboxylic acids is 1. The zero-order chi connectivity index (χ0) is 16.8. The third-order valence-corrected chi connectivity index (χ3v) is 4.92. The Bertz CT molecular complexity index is 786. The number of nitrogens with zero attached hydrogens (tertiary/aromatic N) is 7. The smallest absolute Gasteiger partial charge is 0.246 e. The normalized spacial score (nSPS) is 20.7. The molecule has 0 bridgehead atoms. The van der Waals surface area contributed by atoms with Crippen molar-refractivity contribution in [2.45, 2.75) is 26.1 Å². The standard InChI is InChI=1S/C16H21N7O/c1-11-18-19-14-10-21(3)13(9-23(11)14)16(24)22-8-7-20(2)15-12(22)5-4-6-17-15/h4-6,13H,7-10H2,1-3H3. The second-order valence-corrected chi connectivity index (χ2v) is 6.46. The van der Waals surface area contributed by atoms with Crippen molar-refractivity contribution in [3.63, 3.8) is 0 Å². The fraction of sp³-hybridized carbons (Fsp3) is 0.500. The van der Waals surface area contributed by atoms with Crippen LogP contribution in [0.1, 0.15) is 11.6 Å². The van der Waals surface area contributed by atoms with Crippen LogP contribution in [0.3, 0.4) is 0 Å². The molecule has 0 radical (unpaired) electrons. The molecular formula is C16H21N7O. The number of amides is 1. The van der Waals surface area contributed by atoms with Crippen LogP contribution in [-0.4, -0.2) is 63.8 Å². The summed E-state index contributed by atoms with van der Waals surface area (Å²) in [5.41, 5.74) is 0.885. The maximum Gasteiger partial charge on any atom is 0.246 e. The molecule has 126 valence electrons. The number of hydrogen-bond donors (Lipinski definition) is 0. The first-order valence-corrected chi connectivity index (χ1v) is 8.12. The van der Waals surface area contributed by atoms with E-state index in [1.165, 1.54) is 0 Å². The first-order chi connectivity index (χ1) is 11.6. The molecule has 2 aromatic heterocycles. The third kappa shape index (κ3) is 2.25. The number of rotatable bonds is 1. The van der Waals surface area contributed by atoms with Crippen molar-refractivity contribution in [1.82, 2.24) is 24.6 Å². The first-order valence-electron chi connectivity index (χ1n) is 8.12. The van der Waals surface area contributed by atoms with E-state index >= 15 is 0 Å². The van der Waals surface area contributed by atoms with Crippen molar-refractivity contribution in [3.8, 4) is 0 Å². The van der Waals surface area contributed by atoms with Crippen molar-refractivity contribution in [2.24, 2.45) is 0 Å². The molecule has 4 heterocycles. The predicted octanol–water partition coefficient (Wildman–Crippen LogP) is 0.279. The van der Waals surface area contributed by atoms with Gasteiger partial charge in [-0.05, 0) is 26.1 Å². The SMILES string of the molecule is Cc1nnc2n1CC(C(=O)N1CCN(C)c3ncccc31)N(C)C2. The highest BCUT2D eigenvalue weighted by Gasteiger charge is 2.36. The summed E-state index contributed by atoms with van der Waals surface area (Å²) in [5.74, 6) is 2.74. The van der Waals surface area contributed by atoms with Gasteiger partial charge in [-0.15, -0.1) is 10.2 Å². The summed E-state index contributed by atoms with van der Waals surface area (Å²) in [4.78, 5) is 23.7. The van der Waals surface area contributed by atoms with Gasteiger partial charge in [0.1, 0.15) is 17.7 Å². The number of carbonyl (C=O) groups is 1. The van der Waals surface area contributed by atoms with Gasteiger partial charge in [0, 0.05) is 26.3 Å². The Morgan fingerprint density at radius 2 is 2.08 bits per heavy atom. The number of anilines is 2. The van der Waals surface area contributed by atoms with Gasteiger partial charge in [-0.2, -0.15) is 0 Å². The van der Waals surface area contributed by atoms with E-state index in [1.807, 2.05) is 42.6 Å². The van der Waals surface area contributed by atoms with Crippen LogP contribution in [-0.2, 0) is 17.9 Å². The summed E-state index contributed by atoms with van der Waals surface area (Å²) in [7, 11) is 3.98. The van der Waals surface area contributed by atoms with Crippen molar-refractivity contribution < 1.29 is 4.79 Å². The summed E-state index contributed by atoms with van der Waals surface area (Å²) in [6.07, 6.45) is 1.77. The van der Waals surface area contributed by atoms with E-state index < -0.39 is 0 Å². The largest absolute Gasteiger partial charge is 0.356 e. The number of likely N-dealkylation sites (N-methyl/N-ethyl adjacent to an activating group) is 2. The molecule has 2 aliphatic rings. The van der Waals surface area contributed by atoms with Crippen LogP contribution in [0, 0.1) is 6.92 Å². The van der Waals surface area contributed by atoms with E-state index in [2.05, 4.69) is 25.0 Å². The van der Waals surface area contributed by atoms with E-state index in [9.17, 15) is 4.79 Å². The highest BCUT2D eigenvalue weighted by Crippen LogP contribution is 2.31. The molecule has 2 aliphatic heterocycles. The molecule has 2 aromatic rings. The highest BCUT2D eigenvalue weighted by atomic mass is 16.2. The lowest BCUT2D eigenvalue weighted by Gasteiger charge is -2.39. The highest BCUT2D eigenvalue weighted by molar-refractivity contribution is 6.00. The third-order valence-electron chi connectivity index (χ3n) is 4.92. The molecule has 1 unspecified atom stereocenters. The molecule has 0 saturated carbocycles. The fourth-order valence-electron chi connectivity index (χ4n) is 3.47. The number of hydrogen-bond acceptors (Lipinski definition) is 6. The molecule has 8 nitrogen and oxygen atoms in total. The lowest BCUT2D eigenvalue weighted by molar-refractivity contribution is -0.124. The average Bonchev–Trinajstić information content (AvgIpc) is 2.94. The zero-order valence-electron chi connectivity index (χ0n) is 14.2. The van der Waals surface area contributed by atoms with E-state index in [0.717, 1.165) is 29.7 Å². The predicted molar refractivity (Wildman–Crippen MR) is 89.9 cm³/mol. The minimum atomic E-state index is -0.219. The monoisotopic (exact) mass is 327 g/mol. The second kappa shape index (κ2) is 5.55. The Morgan fingerprint density at radius 3 is 2.92 bits per heavy atom. The Kier molecular flexibility index (Phi) is 3.49. The van der Waals surface area contributed by atoms with Gasteiger partial charge in [0.05, 0.1) is 18.8 Å². The van der Waals surface area contributed by atoms with Gasteiger partial charge in [-0.3, -0.25) is 9.69 Å². The molecule has 1 amide bonds. The second-order valence-electron chi connectivity index (χ2n) is 6.46. The van der Waals surface area contributed by atoms with Crippen LogP contribution in [0.25, 0.3) is 0 Å². The van der Waals surface area contributed by atoms with Crippen molar-refractivity contribution in [1.29, 1.82) is 0 Å². The van der Waals surface area contributed by atoms with Crippen LogP contribution in [0.15, 0.2) is 18.3 Å². The molecule has 4 rings (SSSR count). The average molecular weight is 327 g/mol. The molecule has 0 aliphatic carbocycles. The zero-order valence-corrected chi connectivity index (χ0v) is 14.2. The van der Waals surface area contributed by atoms with Crippen LogP contribution >= 0.6 is 0 Å². The quantitative estimate of drug-likeness (QED) is 0.749. The van der Waals surface area contributed by atoms with Crippen molar-refractivity contribution >= 4 is 17.4 Å². The summed E-state index contributed by atoms with van der Waals surface area (Å²) in [6.45, 7) is 4.60. The van der Waals surface area contributed by atoms with Crippen LogP contribution < -0.4 is 9.80 Å².